The Bertz CT molecular complexity index is 932. The number of aliphatic hydroxyl groups is 1. The highest BCUT2D eigenvalue weighted by molar-refractivity contribution is 6.04. The molecule has 2 aromatic rings. The fourth-order valence-electron chi connectivity index (χ4n) is 3.40. The Hall–Kier alpha value is -3.21. The molecule has 2 atom stereocenters. The maximum absolute atomic E-state index is 12.4. The summed E-state index contributed by atoms with van der Waals surface area (Å²) in [5, 5.41) is 22.5. The van der Waals surface area contributed by atoms with E-state index in [2.05, 4.69) is 5.32 Å². The molecule has 0 spiro atoms. The summed E-state index contributed by atoms with van der Waals surface area (Å²) < 4.78 is 5.36. The third-order valence-electron chi connectivity index (χ3n) is 4.95. The van der Waals surface area contributed by atoms with Crippen LogP contribution < -0.4 is 5.32 Å². The second-order valence-corrected chi connectivity index (χ2v) is 7.73. The van der Waals surface area contributed by atoms with Gasteiger partial charge in [0, 0.05) is 17.8 Å². The number of nitrogens with zero attached hydrogens (tertiary/aromatic N) is 2. The minimum Gasteiger partial charge on any atom is -0.386 e. The van der Waals surface area contributed by atoms with Crippen LogP contribution in [0.4, 0.5) is 5.69 Å². The molecule has 1 aliphatic heterocycles. The van der Waals surface area contributed by atoms with Crippen molar-refractivity contribution < 1.29 is 19.4 Å². The summed E-state index contributed by atoms with van der Waals surface area (Å²) in [4.78, 5) is 26.3. The van der Waals surface area contributed by atoms with Crippen LogP contribution in [-0.2, 0) is 9.53 Å². The Labute approximate surface area is 175 Å². The molecule has 156 valence electrons. The highest BCUT2D eigenvalue weighted by Gasteiger charge is 2.34. The van der Waals surface area contributed by atoms with E-state index in [1.165, 1.54) is 0 Å². The molecule has 0 saturated carbocycles. The molecule has 2 N–H and O–H groups in total. The molecule has 7 heteroatoms. The van der Waals surface area contributed by atoms with Crippen LogP contribution in [0.25, 0.3) is 0 Å². The van der Waals surface area contributed by atoms with Crippen molar-refractivity contribution in [1.82, 2.24) is 4.90 Å². The predicted octanol–water partition coefficient (Wildman–Crippen LogP) is 2.73. The van der Waals surface area contributed by atoms with E-state index in [9.17, 15) is 14.7 Å². The van der Waals surface area contributed by atoms with Gasteiger partial charge in [-0.2, -0.15) is 5.26 Å². The van der Waals surface area contributed by atoms with Crippen molar-refractivity contribution in [3.05, 3.63) is 65.2 Å². The van der Waals surface area contributed by atoms with Gasteiger partial charge in [-0.15, -0.1) is 0 Å². The summed E-state index contributed by atoms with van der Waals surface area (Å²) in [5.74, 6) is -0.131. The van der Waals surface area contributed by atoms with Crippen LogP contribution in [0.15, 0.2) is 48.5 Å². The maximum Gasteiger partial charge on any atom is 0.255 e. The third kappa shape index (κ3) is 5.03. The standard InChI is InChI=1S/C23H25N3O4/c1-15(2)12-26-20(13-30-14-21(26)27)22(28)17-7-9-19(10-8-17)25-23(29)18-5-3-16(11-24)4-6-18/h3-10,15,20,22,28H,12-14H2,1-2H3,(H,25,29)/t20-,22-/m1/s1. The number of carbonyl (C=O) groups excluding carboxylic acids is 2. The number of anilines is 1. The van der Waals surface area contributed by atoms with Crippen molar-refractivity contribution in [2.45, 2.75) is 26.0 Å². The molecule has 0 aliphatic carbocycles. The lowest BCUT2D eigenvalue weighted by Crippen LogP contribution is -2.53. The summed E-state index contributed by atoms with van der Waals surface area (Å²) in [7, 11) is 0. The SMILES string of the molecule is CC(C)CN1C(=O)COC[C@@H]1[C@H](O)c1ccc(NC(=O)c2ccc(C#N)cc2)cc1. The molecule has 0 aromatic heterocycles. The lowest BCUT2D eigenvalue weighted by Gasteiger charge is -2.39. The van der Waals surface area contributed by atoms with Gasteiger partial charge in [0.15, 0.2) is 0 Å². The molecular formula is C23H25N3O4. The monoisotopic (exact) mass is 407 g/mol. The lowest BCUT2D eigenvalue weighted by atomic mass is 9.99. The minimum absolute atomic E-state index is 0.0380. The zero-order valence-electron chi connectivity index (χ0n) is 17.0. The van der Waals surface area contributed by atoms with E-state index in [4.69, 9.17) is 10.00 Å². The Kier molecular flexibility index (Phi) is 6.83. The minimum atomic E-state index is -0.892. The first-order valence-corrected chi connectivity index (χ1v) is 9.85. The topological polar surface area (TPSA) is 103 Å². The summed E-state index contributed by atoms with van der Waals surface area (Å²) in [5.41, 5.74) is 2.15. The van der Waals surface area contributed by atoms with E-state index in [0.717, 1.165) is 0 Å². The van der Waals surface area contributed by atoms with Crippen LogP contribution in [0, 0.1) is 17.2 Å². The smallest absolute Gasteiger partial charge is 0.255 e. The number of hydrogen-bond donors (Lipinski definition) is 2. The molecule has 2 amide bonds. The number of morpholine rings is 1. The van der Waals surface area contributed by atoms with E-state index >= 15 is 0 Å². The second kappa shape index (κ2) is 9.53. The van der Waals surface area contributed by atoms with E-state index in [1.54, 1.807) is 53.4 Å². The predicted molar refractivity (Wildman–Crippen MR) is 112 cm³/mol. The molecule has 0 unspecified atom stereocenters. The largest absolute Gasteiger partial charge is 0.386 e. The van der Waals surface area contributed by atoms with Crippen molar-refractivity contribution in [1.29, 1.82) is 5.26 Å². The first kappa shape index (κ1) is 21.5. The van der Waals surface area contributed by atoms with E-state index in [1.807, 2.05) is 19.9 Å². The van der Waals surface area contributed by atoms with Crippen LogP contribution in [-0.4, -0.2) is 47.6 Å². The third-order valence-corrected chi connectivity index (χ3v) is 4.95. The summed E-state index contributed by atoms with van der Waals surface area (Å²) in [6.45, 7) is 4.92. The number of ether oxygens (including phenoxy) is 1. The molecule has 1 fully saturated rings. The molecule has 0 bridgehead atoms. The van der Waals surface area contributed by atoms with Gasteiger partial charge in [0.1, 0.15) is 12.7 Å². The molecule has 7 nitrogen and oxygen atoms in total. The highest BCUT2D eigenvalue weighted by atomic mass is 16.5. The number of benzene rings is 2. The van der Waals surface area contributed by atoms with Gasteiger partial charge in [-0.25, -0.2) is 0 Å². The molecular weight excluding hydrogens is 382 g/mol. The Balaban J connectivity index is 1.68. The molecule has 2 aromatic carbocycles. The molecule has 1 saturated heterocycles. The molecule has 30 heavy (non-hydrogen) atoms. The van der Waals surface area contributed by atoms with Gasteiger partial charge in [0.2, 0.25) is 5.91 Å². The first-order valence-electron chi connectivity index (χ1n) is 9.85. The van der Waals surface area contributed by atoms with Crippen LogP contribution in [0.3, 0.4) is 0 Å². The van der Waals surface area contributed by atoms with Crippen LogP contribution in [0.1, 0.15) is 41.4 Å². The maximum atomic E-state index is 12.4. The zero-order valence-corrected chi connectivity index (χ0v) is 17.0. The number of nitriles is 1. The van der Waals surface area contributed by atoms with Crippen molar-refractivity contribution in [3.8, 4) is 6.07 Å². The van der Waals surface area contributed by atoms with Gasteiger partial charge < -0.3 is 20.1 Å². The van der Waals surface area contributed by atoms with E-state index in [-0.39, 0.29) is 30.9 Å². The first-order chi connectivity index (χ1) is 14.4. The average molecular weight is 407 g/mol. The van der Waals surface area contributed by atoms with Gasteiger partial charge in [-0.1, -0.05) is 26.0 Å². The molecule has 1 aliphatic rings. The van der Waals surface area contributed by atoms with Crippen molar-refractivity contribution in [3.63, 3.8) is 0 Å². The quantitative estimate of drug-likeness (QED) is 0.766. The average Bonchev–Trinajstić information content (AvgIpc) is 2.75. The summed E-state index contributed by atoms with van der Waals surface area (Å²) in [6.07, 6.45) is -0.892. The fourth-order valence-corrected chi connectivity index (χ4v) is 3.40. The van der Waals surface area contributed by atoms with Crippen LogP contribution in [0.2, 0.25) is 0 Å². The lowest BCUT2D eigenvalue weighted by molar-refractivity contribution is -0.155. The summed E-state index contributed by atoms with van der Waals surface area (Å²) >= 11 is 0. The molecule has 0 radical (unpaired) electrons. The highest BCUT2D eigenvalue weighted by Crippen LogP contribution is 2.26. The van der Waals surface area contributed by atoms with E-state index in [0.29, 0.717) is 28.9 Å². The second-order valence-electron chi connectivity index (χ2n) is 7.73. The molecule has 1 heterocycles. The van der Waals surface area contributed by atoms with Gasteiger partial charge in [0.05, 0.1) is 24.3 Å². The van der Waals surface area contributed by atoms with Gasteiger partial charge >= 0.3 is 0 Å². The van der Waals surface area contributed by atoms with Gasteiger partial charge in [-0.05, 0) is 47.9 Å². The number of aliphatic hydroxyl groups excluding tert-OH is 1. The van der Waals surface area contributed by atoms with Crippen LogP contribution >= 0.6 is 0 Å². The number of nitrogens with one attached hydrogen (secondary N) is 1. The number of hydrogen-bond acceptors (Lipinski definition) is 5. The van der Waals surface area contributed by atoms with Crippen molar-refractivity contribution in [2.75, 3.05) is 25.1 Å². The van der Waals surface area contributed by atoms with Gasteiger partial charge in [-0.3, -0.25) is 9.59 Å². The van der Waals surface area contributed by atoms with E-state index < -0.39 is 12.1 Å². The molecule has 3 rings (SSSR count). The number of carbonyl (C=O) groups is 2. The van der Waals surface area contributed by atoms with Crippen LogP contribution in [0.5, 0.6) is 0 Å². The zero-order chi connectivity index (χ0) is 21.7. The van der Waals surface area contributed by atoms with Crippen molar-refractivity contribution in [2.24, 2.45) is 5.92 Å². The Morgan fingerprint density at radius 3 is 2.50 bits per heavy atom. The van der Waals surface area contributed by atoms with Gasteiger partial charge in [0.25, 0.3) is 5.91 Å². The van der Waals surface area contributed by atoms with Crippen molar-refractivity contribution >= 4 is 17.5 Å². The Morgan fingerprint density at radius 1 is 1.23 bits per heavy atom. The number of amides is 2. The Morgan fingerprint density at radius 2 is 1.90 bits per heavy atom. The summed E-state index contributed by atoms with van der Waals surface area (Å²) in [6, 6.07) is 14.8. The fraction of sp³-hybridized carbons (Fsp3) is 0.348. The number of rotatable bonds is 6. The normalized spacial score (nSPS) is 17.5.